The summed E-state index contributed by atoms with van der Waals surface area (Å²) in [6, 6.07) is 12.6. The fourth-order valence-electron chi connectivity index (χ4n) is 2.23. The van der Waals surface area contributed by atoms with Crippen LogP contribution in [-0.4, -0.2) is 31.4 Å². The fraction of sp³-hybridized carbons (Fsp3) is 0.111. The van der Waals surface area contributed by atoms with Gasteiger partial charge in [0, 0.05) is 23.5 Å². The van der Waals surface area contributed by atoms with E-state index in [4.69, 9.17) is 11.6 Å². The van der Waals surface area contributed by atoms with Crippen LogP contribution >= 0.6 is 23.4 Å². The van der Waals surface area contributed by atoms with E-state index in [9.17, 15) is 4.79 Å². The molecule has 26 heavy (non-hydrogen) atoms. The van der Waals surface area contributed by atoms with Crippen molar-refractivity contribution in [1.82, 2.24) is 19.7 Å². The first-order valence-electron chi connectivity index (χ1n) is 7.81. The van der Waals surface area contributed by atoms with Crippen molar-refractivity contribution >= 4 is 35.0 Å². The normalized spacial score (nSPS) is 10.5. The van der Waals surface area contributed by atoms with Crippen LogP contribution in [0.5, 0.6) is 0 Å². The molecule has 0 saturated carbocycles. The van der Waals surface area contributed by atoms with Crippen LogP contribution in [0.3, 0.4) is 0 Å². The summed E-state index contributed by atoms with van der Waals surface area (Å²) < 4.78 is 1.88. The Morgan fingerprint density at radius 2 is 2.04 bits per heavy atom. The SMILES string of the molecule is C=CCn1c(SCC(=O)Nc2ccc(Cl)cc2)nnc1-c1ccccn1. The zero-order chi connectivity index (χ0) is 18.4. The number of hydrogen-bond acceptors (Lipinski definition) is 5. The molecule has 1 N–H and O–H groups in total. The molecule has 0 fully saturated rings. The monoisotopic (exact) mass is 385 g/mol. The molecule has 0 bridgehead atoms. The Kier molecular flexibility index (Phi) is 6.04. The second-order valence-corrected chi connectivity index (χ2v) is 6.64. The van der Waals surface area contributed by atoms with Crippen LogP contribution in [0.1, 0.15) is 0 Å². The molecule has 0 spiro atoms. The van der Waals surface area contributed by atoms with Crippen LogP contribution in [0, 0.1) is 0 Å². The summed E-state index contributed by atoms with van der Waals surface area (Å²) in [6.45, 7) is 4.30. The summed E-state index contributed by atoms with van der Waals surface area (Å²) in [5.74, 6) is 0.719. The van der Waals surface area contributed by atoms with Crippen LogP contribution < -0.4 is 5.32 Å². The Morgan fingerprint density at radius 3 is 2.73 bits per heavy atom. The molecule has 8 heteroatoms. The summed E-state index contributed by atoms with van der Waals surface area (Å²) in [7, 11) is 0. The number of hydrogen-bond donors (Lipinski definition) is 1. The highest BCUT2D eigenvalue weighted by Crippen LogP contribution is 2.23. The van der Waals surface area contributed by atoms with Crippen LogP contribution in [0.2, 0.25) is 5.02 Å². The number of amides is 1. The van der Waals surface area contributed by atoms with E-state index < -0.39 is 0 Å². The predicted molar refractivity (Wildman–Crippen MR) is 104 cm³/mol. The van der Waals surface area contributed by atoms with Gasteiger partial charge in [-0.2, -0.15) is 0 Å². The molecule has 3 aromatic rings. The Hall–Kier alpha value is -2.64. The second-order valence-electron chi connectivity index (χ2n) is 5.26. The molecule has 1 aromatic carbocycles. The number of allylic oxidation sites excluding steroid dienone is 1. The van der Waals surface area contributed by atoms with Crippen LogP contribution in [0.4, 0.5) is 5.69 Å². The maximum absolute atomic E-state index is 12.2. The zero-order valence-corrected chi connectivity index (χ0v) is 15.4. The Bertz CT molecular complexity index is 896. The molecule has 1 amide bonds. The molecular weight excluding hydrogens is 370 g/mol. The second kappa shape index (κ2) is 8.64. The molecule has 2 aromatic heterocycles. The highest BCUT2D eigenvalue weighted by Gasteiger charge is 2.15. The third-order valence-corrected chi connectivity index (χ3v) is 4.60. The quantitative estimate of drug-likeness (QED) is 0.493. The number of nitrogens with one attached hydrogen (secondary N) is 1. The summed E-state index contributed by atoms with van der Waals surface area (Å²) in [4.78, 5) is 16.5. The van der Waals surface area contributed by atoms with Gasteiger partial charge in [0.15, 0.2) is 11.0 Å². The van der Waals surface area contributed by atoms with Gasteiger partial charge in [0.25, 0.3) is 0 Å². The molecule has 2 heterocycles. The molecule has 0 atom stereocenters. The van der Waals surface area contributed by atoms with Crippen molar-refractivity contribution in [3.05, 3.63) is 66.3 Å². The third-order valence-electron chi connectivity index (χ3n) is 3.38. The lowest BCUT2D eigenvalue weighted by Crippen LogP contribution is -2.14. The van der Waals surface area contributed by atoms with Crippen LogP contribution in [0.25, 0.3) is 11.5 Å². The smallest absolute Gasteiger partial charge is 0.234 e. The molecule has 0 saturated heterocycles. The van der Waals surface area contributed by atoms with Gasteiger partial charge in [-0.15, -0.1) is 16.8 Å². The van der Waals surface area contributed by atoms with Gasteiger partial charge in [0.1, 0.15) is 5.69 Å². The van der Waals surface area contributed by atoms with E-state index >= 15 is 0 Å². The van der Waals surface area contributed by atoms with Crippen molar-refractivity contribution in [1.29, 1.82) is 0 Å². The molecule has 0 aliphatic carbocycles. The number of benzene rings is 1. The van der Waals surface area contributed by atoms with E-state index in [-0.39, 0.29) is 11.7 Å². The number of nitrogens with zero attached hydrogens (tertiary/aromatic N) is 4. The van der Waals surface area contributed by atoms with E-state index in [1.54, 1.807) is 36.5 Å². The zero-order valence-electron chi connectivity index (χ0n) is 13.8. The molecule has 3 rings (SSSR count). The van der Waals surface area contributed by atoms with Crippen molar-refractivity contribution in [2.45, 2.75) is 11.7 Å². The van der Waals surface area contributed by atoms with Gasteiger partial charge in [-0.3, -0.25) is 14.3 Å². The van der Waals surface area contributed by atoms with Gasteiger partial charge < -0.3 is 5.32 Å². The van der Waals surface area contributed by atoms with Crippen molar-refractivity contribution < 1.29 is 4.79 Å². The number of carbonyl (C=O) groups excluding carboxylic acids is 1. The highest BCUT2D eigenvalue weighted by molar-refractivity contribution is 7.99. The molecule has 0 aliphatic heterocycles. The average Bonchev–Trinajstić information content (AvgIpc) is 3.06. The van der Waals surface area contributed by atoms with Crippen molar-refractivity contribution in [2.24, 2.45) is 0 Å². The summed E-state index contributed by atoms with van der Waals surface area (Å²) >= 11 is 7.15. The first-order valence-corrected chi connectivity index (χ1v) is 9.17. The summed E-state index contributed by atoms with van der Waals surface area (Å²) in [6.07, 6.45) is 3.46. The Morgan fingerprint density at radius 1 is 1.23 bits per heavy atom. The maximum atomic E-state index is 12.2. The van der Waals surface area contributed by atoms with Crippen molar-refractivity contribution in [3.8, 4) is 11.5 Å². The minimum absolute atomic E-state index is 0.134. The number of rotatable bonds is 7. The van der Waals surface area contributed by atoms with E-state index in [1.165, 1.54) is 11.8 Å². The predicted octanol–water partition coefficient (Wildman–Crippen LogP) is 3.91. The van der Waals surface area contributed by atoms with Crippen LogP contribution in [0.15, 0.2) is 66.5 Å². The first kappa shape index (κ1) is 18.2. The lowest BCUT2D eigenvalue weighted by atomic mass is 10.3. The van der Waals surface area contributed by atoms with Gasteiger partial charge in [0.2, 0.25) is 5.91 Å². The fourth-order valence-corrected chi connectivity index (χ4v) is 3.11. The maximum Gasteiger partial charge on any atom is 0.234 e. The number of pyridine rings is 1. The number of anilines is 1. The molecule has 6 nitrogen and oxygen atoms in total. The molecule has 0 radical (unpaired) electrons. The minimum Gasteiger partial charge on any atom is -0.325 e. The molecular formula is C18H16ClN5OS. The van der Waals surface area contributed by atoms with Crippen molar-refractivity contribution in [2.75, 3.05) is 11.1 Å². The number of thioether (sulfide) groups is 1. The van der Waals surface area contributed by atoms with E-state index in [2.05, 4.69) is 27.1 Å². The topological polar surface area (TPSA) is 72.7 Å². The molecule has 132 valence electrons. The number of aromatic nitrogens is 4. The van der Waals surface area contributed by atoms with E-state index in [0.717, 1.165) is 5.69 Å². The Labute approximate surface area is 160 Å². The average molecular weight is 386 g/mol. The third kappa shape index (κ3) is 4.50. The lowest BCUT2D eigenvalue weighted by Gasteiger charge is -2.08. The van der Waals surface area contributed by atoms with Crippen molar-refractivity contribution in [3.63, 3.8) is 0 Å². The van der Waals surface area contributed by atoms with Gasteiger partial charge in [-0.25, -0.2) is 0 Å². The van der Waals surface area contributed by atoms with Gasteiger partial charge in [0.05, 0.1) is 5.75 Å². The highest BCUT2D eigenvalue weighted by atomic mass is 35.5. The number of halogens is 1. The van der Waals surface area contributed by atoms with Gasteiger partial charge >= 0.3 is 0 Å². The minimum atomic E-state index is -0.134. The van der Waals surface area contributed by atoms with E-state index in [0.29, 0.717) is 28.2 Å². The largest absolute Gasteiger partial charge is 0.325 e. The molecule has 0 unspecified atom stereocenters. The van der Waals surface area contributed by atoms with Gasteiger partial charge in [-0.05, 0) is 36.4 Å². The van der Waals surface area contributed by atoms with E-state index in [1.807, 2.05) is 22.8 Å². The molecule has 0 aliphatic rings. The first-order chi connectivity index (χ1) is 12.7. The van der Waals surface area contributed by atoms with Gasteiger partial charge in [-0.1, -0.05) is 35.5 Å². The Balaban J connectivity index is 1.69. The summed E-state index contributed by atoms with van der Waals surface area (Å²) in [5, 5.41) is 12.5. The number of carbonyl (C=O) groups is 1. The summed E-state index contributed by atoms with van der Waals surface area (Å²) in [5.41, 5.74) is 1.42. The van der Waals surface area contributed by atoms with Crippen LogP contribution in [-0.2, 0) is 11.3 Å². The standard InChI is InChI=1S/C18H16ClN5OS/c1-2-11-24-17(15-5-3-4-10-20-15)22-23-18(24)26-12-16(25)21-14-8-6-13(19)7-9-14/h2-10H,1,11-12H2,(H,21,25). The lowest BCUT2D eigenvalue weighted by molar-refractivity contribution is -0.113.